The molecule has 0 fully saturated rings. The SMILES string of the molecule is C.C#Cc1cccc(Nc2ncnc3cc(OC(C)=O)c(OC(C)=O)cc23)c1. The van der Waals surface area contributed by atoms with E-state index < -0.39 is 11.9 Å². The summed E-state index contributed by atoms with van der Waals surface area (Å²) in [5.74, 6) is 2.16. The standard InChI is InChI=1S/C20H15N3O4.CH4/c1-4-14-6-5-7-15(8-14)23-20-16-9-18(26-12(2)24)19(27-13(3)25)10-17(16)21-11-22-20;/h1,5-11H,2-3H3,(H,21,22,23);1H4. The third-order valence-electron chi connectivity index (χ3n) is 3.50. The minimum atomic E-state index is -0.546. The van der Waals surface area contributed by atoms with Gasteiger partial charge in [-0.2, -0.15) is 0 Å². The molecule has 0 unspecified atom stereocenters. The maximum absolute atomic E-state index is 11.4. The van der Waals surface area contributed by atoms with E-state index in [0.717, 1.165) is 11.3 Å². The topological polar surface area (TPSA) is 90.4 Å². The monoisotopic (exact) mass is 377 g/mol. The Morgan fingerprint density at radius 3 is 2.36 bits per heavy atom. The third kappa shape index (κ3) is 4.62. The number of terminal acetylenes is 1. The number of fused-ring (bicyclic) bond motifs is 1. The largest absolute Gasteiger partial charge is 0.423 e. The van der Waals surface area contributed by atoms with Gasteiger partial charge in [0.25, 0.3) is 0 Å². The van der Waals surface area contributed by atoms with Crippen molar-refractivity contribution >= 4 is 34.3 Å². The maximum atomic E-state index is 11.4. The van der Waals surface area contributed by atoms with E-state index in [9.17, 15) is 9.59 Å². The molecule has 3 rings (SSSR count). The molecule has 0 radical (unpaired) electrons. The molecule has 0 atom stereocenters. The molecule has 0 aliphatic carbocycles. The zero-order valence-corrected chi connectivity index (χ0v) is 14.6. The Bertz CT molecular complexity index is 1090. The Balaban J connectivity index is 0.00000280. The van der Waals surface area contributed by atoms with Gasteiger partial charge in [0.15, 0.2) is 11.5 Å². The molecule has 7 heteroatoms. The third-order valence-corrected chi connectivity index (χ3v) is 3.50. The second kappa shape index (κ2) is 8.64. The number of ether oxygens (including phenoxy) is 2. The number of rotatable bonds is 4. The van der Waals surface area contributed by atoms with Crippen molar-refractivity contribution in [2.45, 2.75) is 21.3 Å². The first-order valence-corrected chi connectivity index (χ1v) is 7.95. The van der Waals surface area contributed by atoms with Crippen LogP contribution >= 0.6 is 0 Å². The van der Waals surface area contributed by atoms with Crippen molar-refractivity contribution in [2.24, 2.45) is 0 Å². The molecule has 0 amide bonds. The fourth-order valence-electron chi connectivity index (χ4n) is 2.46. The predicted octanol–water partition coefficient (Wildman–Crippen LogP) is 3.84. The number of carbonyl (C=O) groups is 2. The lowest BCUT2D eigenvalue weighted by molar-refractivity contribution is -0.134. The lowest BCUT2D eigenvalue weighted by Gasteiger charge is -2.12. The Kier molecular flexibility index (Phi) is 6.30. The van der Waals surface area contributed by atoms with E-state index in [-0.39, 0.29) is 18.9 Å². The van der Waals surface area contributed by atoms with Crippen molar-refractivity contribution in [3.8, 4) is 23.8 Å². The summed E-state index contributed by atoms with van der Waals surface area (Å²) in [5.41, 5.74) is 1.97. The van der Waals surface area contributed by atoms with Crippen LogP contribution in [0.3, 0.4) is 0 Å². The summed E-state index contributed by atoms with van der Waals surface area (Å²) in [6.45, 7) is 2.51. The number of carbonyl (C=O) groups excluding carboxylic acids is 2. The first kappa shape index (κ1) is 20.4. The second-order valence-electron chi connectivity index (χ2n) is 5.58. The molecule has 1 heterocycles. The van der Waals surface area contributed by atoms with Gasteiger partial charge in [0.05, 0.1) is 5.52 Å². The van der Waals surface area contributed by atoms with Crippen LogP contribution in [0.5, 0.6) is 11.5 Å². The van der Waals surface area contributed by atoms with Gasteiger partial charge in [-0.3, -0.25) is 9.59 Å². The van der Waals surface area contributed by atoms with Gasteiger partial charge in [0, 0.05) is 36.6 Å². The first-order valence-electron chi connectivity index (χ1n) is 7.95. The Morgan fingerprint density at radius 1 is 1.04 bits per heavy atom. The molecule has 1 aromatic heterocycles. The summed E-state index contributed by atoms with van der Waals surface area (Å²) in [7, 11) is 0. The van der Waals surface area contributed by atoms with Gasteiger partial charge in [0.2, 0.25) is 0 Å². The van der Waals surface area contributed by atoms with Gasteiger partial charge < -0.3 is 14.8 Å². The number of hydrogen-bond donors (Lipinski definition) is 1. The van der Waals surface area contributed by atoms with Gasteiger partial charge >= 0.3 is 11.9 Å². The summed E-state index contributed by atoms with van der Waals surface area (Å²) in [5, 5.41) is 3.75. The van der Waals surface area contributed by atoms with E-state index in [1.165, 1.54) is 26.2 Å². The van der Waals surface area contributed by atoms with Crippen LogP contribution in [-0.2, 0) is 9.59 Å². The van der Waals surface area contributed by atoms with Crippen LogP contribution in [0.25, 0.3) is 10.9 Å². The van der Waals surface area contributed by atoms with Crippen LogP contribution in [-0.4, -0.2) is 21.9 Å². The maximum Gasteiger partial charge on any atom is 0.308 e. The number of anilines is 2. The van der Waals surface area contributed by atoms with Crippen molar-refractivity contribution in [3.05, 3.63) is 48.3 Å². The highest BCUT2D eigenvalue weighted by Gasteiger charge is 2.15. The van der Waals surface area contributed by atoms with E-state index in [2.05, 4.69) is 21.2 Å². The molecule has 0 bridgehead atoms. The Hall–Kier alpha value is -3.92. The van der Waals surface area contributed by atoms with Gasteiger partial charge in [0.1, 0.15) is 12.1 Å². The molecule has 2 aromatic carbocycles. The lowest BCUT2D eigenvalue weighted by atomic mass is 10.2. The van der Waals surface area contributed by atoms with Crippen LogP contribution in [0.2, 0.25) is 0 Å². The number of hydrogen-bond acceptors (Lipinski definition) is 7. The van der Waals surface area contributed by atoms with E-state index in [1.807, 2.05) is 18.2 Å². The lowest BCUT2D eigenvalue weighted by Crippen LogP contribution is -2.07. The van der Waals surface area contributed by atoms with Crippen LogP contribution in [0.1, 0.15) is 26.8 Å². The quantitative estimate of drug-likeness (QED) is 0.420. The molecule has 0 aliphatic heterocycles. The Labute approximate surface area is 162 Å². The first-order chi connectivity index (χ1) is 13.0. The highest BCUT2D eigenvalue weighted by atomic mass is 16.6. The average Bonchev–Trinajstić information content (AvgIpc) is 2.62. The summed E-state index contributed by atoms with van der Waals surface area (Å²) >= 11 is 0. The van der Waals surface area contributed by atoms with Crippen LogP contribution in [0, 0.1) is 12.3 Å². The number of aromatic nitrogens is 2. The highest BCUT2D eigenvalue weighted by molar-refractivity contribution is 5.94. The fourth-order valence-corrected chi connectivity index (χ4v) is 2.46. The van der Waals surface area contributed by atoms with Crippen molar-refractivity contribution in [1.82, 2.24) is 9.97 Å². The molecular weight excluding hydrogens is 358 g/mol. The van der Waals surface area contributed by atoms with Gasteiger partial charge in [-0.15, -0.1) is 6.42 Å². The Morgan fingerprint density at radius 2 is 1.71 bits per heavy atom. The van der Waals surface area contributed by atoms with Crippen molar-refractivity contribution in [1.29, 1.82) is 0 Å². The smallest absolute Gasteiger partial charge is 0.308 e. The van der Waals surface area contributed by atoms with Crippen molar-refractivity contribution in [2.75, 3.05) is 5.32 Å². The summed E-state index contributed by atoms with van der Waals surface area (Å²) in [6, 6.07) is 10.3. The predicted molar refractivity (Wildman–Crippen MR) is 107 cm³/mol. The van der Waals surface area contributed by atoms with Crippen LogP contribution in [0.15, 0.2) is 42.7 Å². The van der Waals surface area contributed by atoms with Crippen molar-refractivity contribution in [3.63, 3.8) is 0 Å². The minimum absolute atomic E-state index is 0. The molecule has 0 saturated heterocycles. The molecule has 7 nitrogen and oxygen atoms in total. The summed E-state index contributed by atoms with van der Waals surface area (Å²) < 4.78 is 10.3. The van der Waals surface area contributed by atoms with E-state index >= 15 is 0 Å². The number of nitrogens with zero attached hydrogens (tertiary/aromatic N) is 2. The minimum Gasteiger partial charge on any atom is -0.423 e. The molecule has 0 aliphatic rings. The average molecular weight is 377 g/mol. The van der Waals surface area contributed by atoms with Gasteiger partial charge in [-0.25, -0.2) is 9.97 Å². The summed E-state index contributed by atoms with van der Waals surface area (Å²) in [4.78, 5) is 31.2. The number of benzene rings is 2. The van der Waals surface area contributed by atoms with E-state index in [1.54, 1.807) is 12.1 Å². The van der Waals surface area contributed by atoms with Gasteiger partial charge in [-0.05, 0) is 24.3 Å². The zero-order valence-electron chi connectivity index (χ0n) is 14.6. The molecule has 28 heavy (non-hydrogen) atoms. The number of esters is 2. The fraction of sp³-hybridized carbons (Fsp3) is 0.143. The number of nitrogens with one attached hydrogen (secondary N) is 1. The molecule has 142 valence electrons. The van der Waals surface area contributed by atoms with Crippen LogP contribution in [0.4, 0.5) is 11.5 Å². The second-order valence-corrected chi connectivity index (χ2v) is 5.58. The summed E-state index contributed by atoms with van der Waals surface area (Å²) in [6.07, 6.45) is 6.81. The molecule has 3 aromatic rings. The van der Waals surface area contributed by atoms with Gasteiger partial charge in [-0.1, -0.05) is 19.4 Å². The van der Waals surface area contributed by atoms with E-state index in [0.29, 0.717) is 16.7 Å². The highest BCUT2D eigenvalue weighted by Crippen LogP contribution is 2.35. The normalized spacial score (nSPS) is 9.75. The molecule has 1 N–H and O–H groups in total. The molecular formula is C21H19N3O4. The van der Waals surface area contributed by atoms with Crippen LogP contribution < -0.4 is 14.8 Å². The molecule has 0 spiro atoms. The molecule has 0 saturated carbocycles. The van der Waals surface area contributed by atoms with Crippen molar-refractivity contribution < 1.29 is 19.1 Å². The zero-order chi connectivity index (χ0) is 19.4. The van der Waals surface area contributed by atoms with E-state index in [4.69, 9.17) is 15.9 Å².